The Kier molecular flexibility index (Phi) is 6.21. The maximum atomic E-state index is 5.63. The molecular formula is C10H17Cl2NO. The number of allylic oxidation sites excluding steroid dienone is 1. The van der Waals surface area contributed by atoms with Gasteiger partial charge < -0.3 is 4.84 Å². The predicted molar refractivity (Wildman–Crippen MR) is 62.9 cm³/mol. The van der Waals surface area contributed by atoms with Gasteiger partial charge in [0.25, 0.3) is 0 Å². The van der Waals surface area contributed by atoms with Gasteiger partial charge in [-0.3, -0.25) is 0 Å². The first-order valence-corrected chi connectivity index (χ1v) is 5.42. The van der Waals surface area contributed by atoms with E-state index in [-0.39, 0.29) is 9.91 Å². The molecule has 0 amide bonds. The minimum absolute atomic E-state index is 0.257. The van der Waals surface area contributed by atoms with Gasteiger partial charge in [-0.05, 0) is 19.4 Å². The third-order valence-electron chi connectivity index (χ3n) is 1.85. The lowest BCUT2D eigenvalue weighted by molar-refractivity contribution is 0.155. The Labute approximate surface area is 95.9 Å². The highest BCUT2D eigenvalue weighted by Gasteiger charge is 2.22. The Morgan fingerprint density at radius 2 is 1.93 bits per heavy atom. The molecule has 0 fully saturated rings. The number of oxime groups is 1. The van der Waals surface area contributed by atoms with Crippen LogP contribution in [-0.4, -0.2) is 12.3 Å². The molecule has 4 heteroatoms. The molecule has 0 atom stereocenters. The van der Waals surface area contributed by atoms with Gasteiger partial charge in [-0.1, -0.05) is 49.1 Å². The fraction of sp³-hybridized carbons (Fsp3) is 0.700. The van der Waals surface area contributed by atoms with E-state index in [1.807, 2.05) is 27.7 Å². The quantitative estimate of drug-likeness (QED) is 0.521. The summed E-state index contributed by atoms with van der Waals surface area (Å²) in [6.07, 6.45) is 2.57. The maximum Gasteiger partial charge on any atom is 0.114 e. The van der Waals surface area contributed by atoms with Crippen LogP contribution < -0.4 is 0 Å². The molecule has 0 aliphatic carbocycles. The Bertz CT molecular complexity index is 230. The zero-order valence-corrected chi connectivity index (χ0v) is 10.6. The second-order valence-electron chi connectivity index (χ2n) is 3.46. The van der Waals surface area contributed by atoms with Gasteiger partial charge in [0, 0.05) is 5.41 Å². The Morgan fingerprint density at radius 1 is 1.36 bits per heavy atom. The summed E-state index contributed by atoms with van der Waals surface area (Å²) >= 11 is 11.3. The summed E-state index contributed by atoms with van der Waals surface area (Å²) in [6.45, 7) is 8.49. The van der Waals surface area contributed by atoms with E-state index in [1.54, 1.807) is 6.08 Å². The van der Waals surface area contributed by atoms with Crippen LogP contribution in [0.25, 0.3) is 0 Å². The van der Waals surface area contributed by atoms with Crippen molar-refractivity contribution in [1.82, 2.24) is 0 Å². The standard InChI is InChI=1S/C10H17Cl2NO/c1-5-8(13-14-6-2)10(3,4)7-9(11)12/h7H,5-6H2,1-4H3/b13-8+. The van der Waals surface area contributed by atoms with Crippen LogP contribution in [0.5, 0.6) is 0 Å². The Morgan fingerprint density at radius 3 is 2.29 bits per heavy atom. The average Bonchev–Trinajstić information content (AvgIpc) is 2.02. The summed E-state index contributed by atoms with van der Waals surface area (Å²) in [5.41, 5.74) is 0.668. The SMILES string of the molecule is CCO/N=C(\CC)C(C)(C)C=C(Cl)Cl. The molecule has 0 radical (unpaired) electrons. The number of nitrogens with zero attached hydrogens (tertiary/aromatic N) is 1. The first kappa shape index (κ1) is 13.8. The molecule has 0 bridgehead atoms. The molecule has 14 heavy (non-hydrogen) atoms. The van der Waals surface area contributed by atoms with Gasteiger partial charge in [-0.2, -0.15) is 0 Å². The van der Waals surface area contributed by atoms with Crippen molar-refractivity contribution < 1.29 is 4.84 Å². The fourth-order valence-corrected chi connectivity index (χ4v) is 1.68. The number of halogens is 2. The van der Waals surface area contributed by atoms with Crippen LogP contribution in [0.2, 0.25) is 0 Å². The molecule has 0 saturated carbocycles. The molecule has 0 aromatic rings. The van der Waals surface area contributed by atoms with E-state index in [0.29, 0.717) is 6.61 Å². The Hall–Kier alpha value is -0.210. The normalized spacial score (nSPS) is 12.6. The predicted octanol–water partition coefficient (Wildman–Crippen LogP) is 4.13. The number of hydrogen-bond acceptors (Lipinski definition) is 2. The highest BCUT2D eigenvalue weighted by Crippen LogP contribution is 2.26. The van der Waals surface area contributed by atoms with Crippen molar-refractivity contribution in [1.29, 1.82) is 0 Å². The van der Waals surface area contributed by atoms with Crippen LogP contribution in [0.15, 0.2) is 15.7 Å². The topological polar surface area (TPSA) is 21.6 Å². The van der Waals surface area contributed by atoms with Gasteiger partial charge in [0.05, 0.1) is 5.71 Å². The largest absolute Gasteiger partial charge is 0.396 e. The molecule has 0 rings (SSSR count). The maximum absolute atomic E-state index is 5.63. The van der Waals surface area contributed by atoms with Crippen LogP contribution in [0.4, 0.5) is 0 Å². The van der Waals surface area contributed by atoms with Gasteiger partial charge in [-0.15, -0.1) is 0 Å². The molecule has 0 aliphatic heterocycles. The summed E-state index contributed by atoms with van der Waals surface area (Å²) < 4.78 is 0.257. The summed E-state index contributed by atoms with van der Waals surface area (Å²) in [6, 6.07) is 0. The monoisotopic (exact) mass is 237 g/mol. The highest BCUT2D eigenvalue weighted by atomic mass is 35.5. The minimum atomic E-state index is -0.261. The average molecular weight is 238 g/mol. The van der Waals surface area contributed by atoms with Gasteiger partial charge in [-0.25, -0.2) is 0 Å². The second kappa shape index (κ2) is 6.31. The number of rotatable bonds is 5. The van der Waals surface area contributed by atoms with Crippen molar-refractivity contribution in [3.8, 4) is 0 Å². The summed E-state index contributed by atoms with van der Waals surface area (Å²) in [7, 11) is 0. The molecule has 0 N–H and O–H groups in total. The van der Waals surface area contributed by atoms with E-state index in [0.717, 1.165) is 12.1 Å². The minimum Gasteiger partial charge on any atom is -0.396 e. The van der Waals surface area contributed by atoms with Gasteiger partial charge in [0.2, 0.25) is 0 Å². The van der Waals surface area contributed by atoms with Crippen LogP contribution in [0.1, 0.15) is 34.1 Å². The molecule has 0 aromatic heterocycles. The first-order chi connectivity index (χ1) is 6.44. The molecular weight excluding hydrogens is 221 g/mol. The highest BCUT2D eigenvalue weighted by molar-refractivity contribution is 6.56. The fourth-order valence-electron chi connectivity index (χ4n) is 1.14. The first-order valence-electron chi connectivity index (χ1n) is 4.67. The molecule has 0 unspecified atom stereocenters. The molecule has 0 aromatic carbocycles. The van der Waals surface area contributed by atoms with Crippen molar-refractivity contribution >= 4 is 28.9 Å². The lowest BCUT2D eigenvalue weighted by Gasteiger charge is -2.21. The van der Waals surface area contributed by atoms with E-state index < -0.39 is 0 Å². The van der Waals surface area contributed by atoms with Crippen molar-refractivity contribution in [3.05, 3.63) is 10.6 Å². The van der Waals surface area contributed by atoms with E-state index in [2.05, 4.69) is 5.16 Å². The summed E-state index contributed by atoms with van der Waals surface area (Å²) in [4.78, 5) is 5.03. The molecule has 2 nitrogen and oxygen atoms in total. The summed E-state index contributed by atoms with van der Waals surface area (Å²) in [5.74, 6) is 0. The smallest absolute Gasteiger partial charge is 0.114 e. The van der Waals surface area contributed by atoms with E-state index in [1.165, 1.54) is 0 Å². The molecule has 0 aliphatic rings. The zero-order valence-electron chi connectivity index (χ0n) is 9.10. The van der Waals surface area contributed by atoms with Gasteiger partial charge in [0.1, 0.15) is 11.1 Å². The summed E-state index contributed by atoms with van der Waals surface area (Å²) in [5, 5.41) is 4.04. The van der Waals surface area contributed by atoms with Crippen molar-refractivity contribution in [2.45, 2.75) is 34.1 Å². The van der Waals surface area contributed by atoms with E-state index in [9.17, 15) is 0 Å². The third kappa shape index (κ3) is 4.87. The molecule has 0 heterocycles. The van der Waals surface area contributed by atoms with E-state index in [4.69, 9.17) is 28.0 Å². The number of hydrogen-bond donors (Lipinski definition) is 0. The second-order valence-corrected chi connectivity index (χ2v) is 4.47. The van der Waals surface area contributed by atoms with Crippen LogP contribution in [-0.2, 0) is 4.84 Å². The van der Waals surface area contributed by atoms with Crippen LogP contribution in [0.3, 0.4) is 0 Å². The zero-order chi connectivity index (χ0) is 11.2. The lowest BCUT2D eigenvalue weighted by atomic mass is 9.86. The lowest BCUT2D eigenvalue weighted by Crippen LogP contribution is -2.21. The van der Waals surface area contributed by atoms with Crippen LogP contribution >= 0.6 is 23.2 Å². The van der Waals surface area contributed by atoms with Gasteiger partial charge >= 0.3 is 0 Å². The Balaban J connectivity index is 4.74. The molecule has 82 valence electrons. The van der Waals surface area contributed by atoms with Crippen LogP contribution in [0, 0.1) is 5.41 Å². The third-order valence-corrected chi connectivity index (χ3v) is 2.07. The van der Waals surface area contributed by atoms with Crippen molar-refractivity contribution in [3.63, 3.8) is 0 Å². The van der Waals surface area contributed by atoms with E-state index >= 15 is 0 Å². The van der Waals surface area contributed by atoms with Gasteiger partial charge in [0.15, 0.2) is 0 Å². The molecule has 0 saturated heterocycles. The van der Waals surface area contributed by atoms with Crippen molar-refractivity contribution in [2.24, 2.45) is 10.6 Å². The molecule has 0 spiro atoms. The van der Waals surface area contributed by atoms with Crippen molar-refractivity contribution in [2.75, 3.05) is 6.61 Å².